The first kappa shape index (κ1) is 13.8. The second-order valence-electron chi connectivity index (χ2n) is 5.91. The van der Waals surface area contributed by atoms with E-state index in [9.17, 15) is 4.79 Å². The van der Waals surface area contributed by atoms with Gasteiger partial charge in [-0.25, -0.2) is 4.98 Å². The van der Waals surface area contributed by atoms with Crippen LogP contribution in [0.4, 0.5) is 0 Å². The van der Waals surface area contributed by atoms with E-state index < -0.39 is 0 Å². The Hall–Kier alpha value is -1.86. The summed E-state index contributed by atoms with van der Waals surface area (Å²) in [6.45, 7) is 0. The molecule has 22 heavy (non-hydrogen) atoms. The third kappa shape index (κ3) is 2.74. The molecule has 0 aromatic carbocycles. The molecule has 2 aromatic rings. The summed E-state index contributed by atoms with van der Waals surface area (Å²) in [5.41, 5.74) is 1.17. The van der Waals surface area contributed by atoms with Crippen LogP contribution in [0, 0.1) is 0 Å². The van der Waals surface area contributed by atoms with Crippen LogP contribution < -0.4 is 10.6 Å². The Morgan fingerprint density at radius 1 is 1.27 bits per heavy atom. The van der Waals surface area contributed by atoms with Gasteiger partial charge in [0.2, 0.25) is 0 Å². The largest absolute Gasteiger partial charge is 0.348 e. The molecule has 4 rings (SSSR count). The lowest BCUT2D eigenvalue weighted by molar-refractivity contribution is 0.0919. The van der Waals surface area contributed by atoms with Crippen molar-refractivity contribution in [1.82, 2.24) is 25.6 Å². The summed E-state index contributed by atoms with van der Waals surface area (Å²) in [6.07, 6.45) is 9.39. The number of carbonyl (C=O) groups is 1. The van der Waals surface area contributed by atoms with Gasteiger partial charge in [-0.05, 0) is 25.7 Å². The standard InChI is InChI=1S/C15H17N5OS/c21-14(19-11-5-9-1-2-10(6-11)18-9)13-8-22-15(20-13)12-7-16-3-4-17-12/h3-4,7-11,18H,1-2,5-6H2,(H,19,21). The molecule has 2 aromatic heterocycles. The van der Waals surface area contributed by atoms with Gasteiger partial charge in [0.05, 0.1) is 6.20 Å². The van der Waals surface area contributed by atoms with Crippen molar-refractivity contribution in [2.24, 2.45) is 0 Å². The monoisotopic (exact) mass is 315 g/mol. The predicted octanol–water partition coefficient (Wildman–Crippen LogP) is 1.61. The maximum Gasteiger partial charge on any atom is 0.270 e. The smallest absolute Gasteiger partial charge is 0.270 e. The van der Waals surface area contributed by atoms with E-state index in [0.29, 0.717) is 23.5 Å². The third-order valence-corrected chi connectivity index (χ3v) is 5.19. The quantitative estimate of drug-likeness (QED) is 0.899. The van der Waals surface area contributed by atoms with Gasteiger partial charge in [0, 0.05) is 35.9 Å². The molecular formula is C15H17N5OS. The van der Waals surface area contributed by atoms with Crippen LogP contribution in [-0.4, -0.2) is 39.0 Å². The van der Waals surface area contributed by atoms with Gasteiger partial charge in [0.1, 0.15) is 16.4 Å². The zero-order valence-corrected chi connectivity index (χ0v) is 12.8. The van der Waals surface area contributed by atoms with Crippen LogP contribution >= 0.6 is 11.3 Å². The summed E-state index contributed by atoms with van der Waals surface area (Å²) in [5.74, 6) is -0.0855. The summed E-state index contributed by atoms with van der Waals surface area (Å²) >= 11 is 1.42. The average Bonchev–Trinajstić information content (AvgIpc) is 3.15. The Balaban J connectivity index is 1.44. The molecule has 2 saturated heterocycles. The number of hydrogen-bond donors (Lipinski definition) is 2. The molecule has 0 aliphatic carbocycles. The van der Waals surface area contributed by atoms with E-state index in [1.165, 1.54) is 24.2 Å². The van der Waals surface area contributed by atoms with Gasteiger partial charge in [-0.1, -0.05) is 0 Å². The lowest BCUT2D eigenvalue weighted by atomic mass is 10.00. The molecule has 6 nitrogen and oxygen atoms in total. The molecular weight excluding hydrogens is 298 g/mol. The molecule has 2 aliphatic rings. The molecule has 0 spiro atoms. The normalized spacial score (nSPS) is 26.8. The minimum absolute atomic E-state index is 0.0855. The highest BCUT2D eigenvalue weighted by molar-refractivity contribution is 7.13. The van der Waals surface area contributed by atoms with Gasteiger partial charge < -0.3 is 10.6 Å². The highest BCUT2D eigenvalue weighted by Crippen LogP contribution is 2.27. The van der Waals surface area contributed by atoms with Crippen molar-refractivity contribution in [3.63, 3.8) is 0 Å². The van der Waals surface area contributed by atoms with Gasteiger partial charge >= 0.3 is 0 Å². The zero-order valence-electron chi connectivity index (χ0n) is 12.0. The van der Waals surface area contributed by atoms with Gasteiger partial charge in [-0.2, -0.15) is 0 Å². The lowest BCUT2D eigenvalue weighted by Gasteiger charge is -2.29. The number of nitrogens with one attached hydrogen (secondary N) is 2. The van der Waals surface area contributed by atoms with Crippen LogP contribution in [0.1, 0.15) is 36.2 Å². The number of thiazole rings is 1. The zero-order chi connectivity index (χ0) is 14.9. The van der Waals surface area contributed by atoms with E-state index in [2.05, 4.69) is 25.6 Å². The highest BCUT2D eigenvalue weighted by Gasteiger charge is 2.34. The van der Waals surface area contributed by atoms with Gasteiger partial charge in [-0.15, -0.1) is 11.3 Å². The van der Waals surface area contributed by atoms with E-state index in [-0.39, 0.29) is 11.9 Å². The van der Waals surface area contributed by atoms with Crippen molar-refractivity contribution in [2.45, 2.75) is 43.8 Å². The molecule has 2 atom stereocenters. The van der Waals surface area contributed by atoms with Crippen LogP contribution in [0.5, 0.6) is 0 Å². The van der Waals surface area contributed by atoms with Crippen molar-refractivity contribution < 1.29 is 4.79 Å². The van der Waals surface area contributed by atoms with E-state index >= 15 is 0 Å². The molecule has 0 radical (unpaired) electrons. The van der Waals surface area contributed by atoms with Gasteiger partial charge in [-0.3, -0.25) is 14.8 Å². The van der Waals surface area contributed by atoms with E-state index in [4.69, 9.17) is 0 Å². The number of nitrogens with zero attached hydrogens (tertiary/aromatic N) is 3. The molecule has 4 heterocycles. The number of rotatable bonds is 3. The van der Waals surface area contributed by atoms with Crippen molar-refractivity contribution in [2.75, 3.05) is 0 Å². The van der Waals surface area contributed by atoms with Crippen molar-refractivity contribution in [1.29, 1.82) is 0 Å². The SMILES string of the molecule is O=C(NC1CC2CCC(C1)N2)c1csc(-c2cnccn2)n1. The second-order valence-corrected chi connectivity index (χ2v) is 6.77. The lowest BCUT2D eigenvalue weighted by Crippen LogP contribution is -2.48. The number of piperidine rings is 1. The fourth-order valence-corrected chi connectivity index (χ4v) is 4.10. The van der Waals surface area contributed by atoms with E-state index in [1.807, 2.05) is 0 Å². The molecule has 2 bridgehead atoms. The van der Waals surface area contributed by atoms with E-state index in [1.54, 1.807) is 24.0 Å². The highest BCUT2D eigenvalue weighted by atomic mass is 32.1. The fourth-order valence-electron chi connectivity index (χ4n) is 3.34. The average molecular weight is 315 g/mol. The maximum atomic E-state index is 12.4. The first-order valence-electron chi connectivity index (χ1n) is 7.57. The molecule has 114 valence electrons. The maximum absolute atomic E-state index is 12.4. The number of aromatic nitrogens is 3. The van der Waals surface area contributed by atoms with Crippen LogP contribution in [0.15, 0.2) is 24.0 Å². The summed E-state index contributed by atoms with van der Waals surface area (Å²) in [5, 5.41) is 9.22. The van der Waals surface area contributed by atoms with Crippen LogP contribution in [0.2, 0.25) is 0 Å². The summed E-state index contributed by atoms with van der Waals surface area (Å²) in [4.78, 5) is 25.0. The summed E-state index contributed by atoms with van der Waals surface area (Å²) in [7, 11) is 0. The number of fused-ring (bicyclic) bond motifs is 2. The Morgan fingerprint density at radius 2 is 2.09 bits per heavy atom. The minimum Gasteiger partial charge on any atom is -0.348 e. The number of hydrogen-bond acceptors (Lipinski definition) is 6. The molecule has 7 heteroatoms. The Kier molecular flexibility index (Phi) is 3.59. The van der Waals surface area contributed by atoms with E-state index in [0.717, 1.165) is 17.8 Å². The third-order valence-electron chi connectivity index (χ3n) is 4.33. The van der Waals surface area contributed by atoms with Crippen molar-refractivity contribution in [3.05, 3.63) is 29.7 Å². The molecule has 2 fully saturated rings. The Labute approximate surface area is 132 Å². The van der Waals surface area contributed by atoms with Crippen LogP contribution in [0.3, 0.4) is 0 Å². The first-order chi connectivity index (χ1) is 10.8. The van der Waals surface area contributed by atoms with Gasteiger partial charge in [0.15, 0.2) is 0 Å². The molecule has 2 N–H and O–H groups in total. The van der Waals surface area contributed by atoms with Crippen LogP contribution in [-0.2, 0) is 0 Å². The van der Waals surface area contributed by atoms with Crippen LogP contribution in [0.25, 0.3) is 10.7 Å². The first-order valence-corrected chi connectivity index (χ1v) is 8.45. The fraction of sp³-hybridized carbons (Fsp3) is 0.467. The topological polar surface area (TPSA) is 79.8 Å². The molecule has 1 amide bonds. The Bertz CT molecular complexity index is 662. The number of amides is 1. The molecule has 0 saturated carbocycles. The second kappa shape index (κ2) is 5.73. The molecule has 2 aliphatic heterocycles. The Morgan fingerprint density at radius 3 is 2.82 bits per heavy atom. The predicted molar refractivity (Wildman–Crippen MR) is 83.6 cm³/mol. The number of carbonyl (C=O) groups excluding carboxylic acids is 1. The van der Waals surface area contributed by atoms with Crippen molar-refractivity contribution >= 4 is 17.2 Å². The molecule has 2 unspecified atom stereocenters. The summed E-state index contributed by atoms with van der Waals surface area (Å²) < 4.78 is 0. The van der Waals surface area contributed by atoms with Crippen molar-refractivity contribution in [3.8, 4) is 10.7 Å². The summed E-state index contributed by atoms with van der Waals surface area (Å²) in [6, 6.07) is 1.39. The minimum atomic E-state index is -0.0855. The van der Waals surface area contributed by atoms with Gasteiger partial charge in [0.25, 0.3) is 5.91 Å².